The molecule has 0 radical (unpaired) electrons. The number of ether oxygens (including phenoxy) is 1. The summed E-state index contributed by atoms with van der Waals surface area (Å²) in [7, 11) is 1.62. The molecule has 1 aromatic heterocycles. The van der Waals surface area contributed by atoms with E-state index in [0.29, 0.717) is 36.2 Å². The standard InChI is InChI=1S/C21H20BrN3O3/c1-27-18-8-3-2-7-17(18)20-24-23-19(28-20)14-9-11-25(12-10-14)21(26)15-5-4-6-16(22)13-15/h2-8,13-14H,9-12H2,1H3. The summed E-state index contributed by atoms with van der Waals surface area (Å²) in [5.74, 6) is 1.99. The molecule has 3 aromatic rings. The number of hydrogen-bond donors (Lipinski definition) is 0. The third-order valence-electron chi connectivity index (χ3n) is 4.98. The van der Waals surface area contributed by atoms with Crippen molar-refractivity contribution < 1.29 is 13.9 Å². The first kappa shape index (κ1) is 18.7. The predicted octanol–water partition coefficient (Wildman–Crippen LogP) is 4.53. The highest BCUT2D eigenvalue weighted by Gasteiger charge is 2.28. The minimum Gasteiger partial charge on any atom is -0.496 e. The van der Waals surface area contributed by atoms with E-state index >= 15 is 0 Å². The minimum absolute atomic E-state index is 0.0555. The number of carbonyl (C=O) groups is 1. The first-order chi connectivity index (χ1) is 13.7. The molecule has 1 saturated heterocycles. The van der Waals surface area contributed by atoms with E-state index in [1.807, 2.05) is 53.4 Å². The summed E-state index contributed by atoms with van der Waals surface area (Å²) in [5, 5.41) is 8.45. The van der Waals surface area contributed by atoms with Gasteiger partial charge < -0.3 is 14.1 Å². The van der Waals surface area contributed by atoms with Crippen LogP contribution in [0.25, 0.3) is 11.5 Å². The van der Waals surface area contributed by atoms with Gasteiger partial charge in [0.15, 0.2) is 0 Å². The number of aromatic nitrogens is 2. The fourth-order valence-electron chi connectivity index (χ4n) is 3.46. The fourth-order valence-corrected chi connectivity index (χ4v) is 3.86. The Bertz CT molecular complexity index is 980. The minimum atomic E-state index is 0.0555. The molecule has 0 unspecified atom stereocenters. The smallest absolute Gasteiger partial charge is 0.253 e. The van der Waals surface area contributed by atoms with E-state index in [1.54, 1.807) is 7.11 Å². The summed E-state index contributed by atoms with van der Waals surface area (Å²) < 4.78 is 12.2. The van der Waals surface area contributed by atoms with E-state index < -0.39 is 0 Å². The lowest BCUT2D eigenvalue weighted by molar-refractivity contribution is 0.0706. The van der Waals surface area contributed by atoms with Gasteiger partial charge in [-0.15, -0.1) is 10.2 Å². The number of hydrogen-bond acceptors (Lipinski definition) is 5. The van der Waals surface area contributed by atoms with E-state index in [4.69, 9.17) is 9.15 Å². The Morgan fingerprint density at radius 1 is 1.14 bits per heavy atom. The van der Waals surface area contributed by atoms with Crippen LogP contribution in [-0.4, -0.2) is 41.2 Å². The van der Waals surface area contributed by atoms with Crippen molar-refractivity contribution in [2.24, 2.45) is 0 Å². The molecule has 0 aliphatic carbocycles. The Hall–Kier alpha value is -2.67. The lowest BCUT2D eigenvalue weighted by Gasteiger charge is -2.30. The van der Waals surface area contributed by atoms with Crippen LogP contribution in [0.3, 0.4) is 0 Å². The molecule has 28 heavy (non-hydrogen) atoms. The van der Waals surface area contributed by atoms with E-state index in [0.717, 1.165) is 22.9 Å². The molecular weight excluding hydrogens is 422 g/mol. The first-order valence-electron chi connectivity index (χ1n) is 9.17. The van der Waals surface area contributed by atoms with E-state index in [9.17, 15) is 4.79 Å². The zero-order chi connectivity index (χ0) is 19.5. The van der Waals surface area contributed by atoms with Crippen molar-refractivity contribution in [1.82, 2.24) is 15.1 Å². The van der Waals surface area contributed by atoms with Gasteiger partial charge in [0.05, 0.1) is 12.7 Å². The van der Waals surface area contributed by atoms with Crippen LogP contribution in [0.2, 0.25) is 0 Å². The Labute approximate surface area is 171 Å². The highest BCUT2D eigenvalue weighted by atomic mass is 79.9. The van der Waals surface area contributed by atoms with Crippen LogP contribution in [0, 0.1) is 0 Å². The van der Waals surface area contributed by atoms with Crippen molar-refractivity contribution in [2.75, 3.05) is 20.2 Å². The number of rotatable bonds is 4. The number of methoxy groups -OCH3 is 1. The van der Waals surface area contributed by atoms with Crippen LogP contribution in [0.1, 0.15) is 35.0 Å². The summed E-state index contributed by atoms with van der Waals surface area (Å²) in [5.41, 5.74) is 1.48. The molecule has 0 bridgehead atoms. The summed E-state index contributed by atoms with van der Waals surface area (Å²) in [4.78, 5) is 14.6. The average molecular weight is 442 g/mol. The van der Waals surface area contributed by atoms with Gasteiger partial charge >= 0.3 is 0 Å². The molecule has 0 atom stereocenters. The Morgan fingerprint density at radius 3 is 2.68 bits per heavy atom. The normalized spacial score (nSPS) is 14.9. The van der Waals surface area contributed by atoms with Gasteiger partial charge in [0.1, 0.15) is 5.75 Å². The van der Waals surface area contributed by atoms with Crippen LogP contribution >= 0.6 is 15.9 Å². The molecule has 1 aliphatic heterocycles. The highest BCUT2D eigenvalue weighted by molar-refractivity contribution is 9.10. The third-order valence-corrected chi connectivity index (χ3v) is 5.47. The number of halogens is 1. The van der Waals surface area contributed by atoms with E-state index in [2.05, 4.69) is 26.1 Å². The van der Waals surface area contributed by atoms with E-state index in [-0.39, 0.29) is 11.8 Å². The number of amides is 1. The fraction of sp³-hybridized carbons (Fsp3) is 0.286. The molecule has 0 spiro atoms. The SMILES string of the molecule is COc1ccccc1-c1nnc(C2CCN(C(=O)c3cccc(Br)c3)CC2)o1. The van der Waals surface area contributed by atoms with Gasteiger partial charge in [0.2, 0.25) is 5.89 Å². The molecule has 4 rings (SSSR count). The van der Waals surface area contributed by atoms with Crippen molar-refractivity contribution >= 4 is 21.8 Å². The second-order valence-corrected chi connectivity index (χ2v) is 7.64. The van der Waals surface area contributed by atoms with Crippen LogP contribution < -0.4 is 4.74 Å². The zero-order valence-electron chi connectivity index (χ0n) is 15.5. The van der Waals surface area contributed by atoms with Crippen LogP contribution in [0.5, 0.6) is 5.75 Å². The largest absolute Gasteiger partial charge is 0.496 e. The number of nitrogens with zero attached hydrogens (tertiary/aromatic N) is 3. The van der Waals surface area contributed by atoms with Gasteiger partial charge in [0.25, 0.3) is 11.8 Å². The highest BCUT2D eigenvalue weighted by Crippen LogP contribution is 2.33. The summed E-state index contributed by atoms with van der Waals surface area (Å²) >= 11 is 3.42. The zero-order valence-corrected chi connectivity index (χ0v) is 17.1. The predicted molar refractivity (Wildman–Crippen MR) is 108 cm³/mol. The maximum atomic E-state index is 12.7. The van der Waals surface area contributed by atoms with Crippen molar-refractivity contribution in [1.29, 1.82) is 0 Å². The molecule has 7 heteroatoms. The number of likely N-dealkylation sites (tertiary alicyclic amines) is 1. The van der Waals surface area contributed by atoms with Gasteiger partial charge in [-0.3, -0.25) is 4.79 Å². The van der Waals surface area contributed by atoms with Crippen LogP contribution in [0.15, 0.2) is 57.4 Å². The van der Waals surface area contributed by atoms with E-state index in [1.165, 1.54) is 0 Å². The molecule has 1 fully saturated rings. The number of para-hydroxylation sites is 1. The molecule has 144 valence electrons. The van der Waals surface area contributed by atoms with Gasteiger partial charge in [-0.05, 0) is 43.2 Å². The molecule has 0 saturated carbocycles. The second-order valence-electron chi connectivity index (χ2n) is 6.72. The van der Waals surface area contributed by atoms with Gasteiger partial charge in [-0.2, -0.15) is 0 Å². The Morgan fingerprint density at radius 2 is 1.93 bits per heavy atom. The van der Waals surface area contributed by atoms with Crippen molar-refractivity contribution in [2.45, 2.75) is 18.8 Å². The molecular formula is C21H20BrN3O3. The van der Waals surface area contributed by atoms with Gasteiger partial charge in [-0.1, -0.05) is 34.1 Å². The first-order valence-corrected chi connectivity index (χ1v) is 9.96. The number of benzene rings is 2. The Kier molecular flexibility index (Phi) is 5.43. The quantitative estimate of drug-likeness (QED) is 0.594. The number of carbonyl (C=O) groups excluding carboxylic acids is 1. The molecule has 2 aromatic carbocycles. The Balaban J connectivity index is 1.43. The summed E-state index contributed by atoms with van der Waals surface area (Å²) in [6.45, 7) is 1.34. The van der Waals surface area contributed by atoms with Crippen LogP contribution in [-0.2, 0) is 0 Å². The molecule has 1 amide bonds. The van der Waals surface area contributed by atoms with Crippen molar-refractivity contribution in [3.8, 4) is 17.2 Å². The molecule has 0 N–H and O–H groups in total. The topological polar surface area (TPSA) is 68.5 Å². The third kappa shape index (κ3) is 3.80. The lowest BCUT2D eigenvalue weighted by atomic mass is 9.96. The van der Waals surface area contributed by atoms with Gasteiger partial charge in [0, 0.05) is 29.0 Å². The van der Waals surface area contributed by atoms with Crippen molar-refractivity contribution in [3.63, 3.8) is 0 Å². The summed E-state index contributed by atoms with van der Waals surface area (Å²) in [6.07, 6.45) is 1.60. The maximum Gasteiger partial charge on any atom is 0.253 e. The second kappa shape index (κ2) is 8.14. The number of piperidine rings is 1. The lowest BCUT2D eigenvalue weighted by Crippen LogP contribution is -2.38. The maximum absolute atomic E-state index is 12.7. The molecule has 2 heterocycles. The summed E-state index contributed by atoms with van der Waals surface area (Å²) in [6, 6.07) is 15.1. The van der Waals surface area contributed by atoms with Gasteiger partial charge in [-0.25, -0.2) is 0 Å². The monoisotopic (exact) mass is 441 g/mol. The van der Waals surface area contributed by atoms with Crippen molar-refractivity contribution in [3.05, 3.63) is 64.5 Å². The van der Waals surface area contributed by atoms with Crippen LogP contribution in [0.4, 0.5) is 0 Å². The molecule has 6 nitrogen and oxygen atoms in total. The average Bonchev–Trinajstić information content (AvgIpc) is 3.23. The molecule has 1 aliphatic rings.